The Balaban J connectivity index is 2.10. The number of halogens is 1. The van der Waals surface area contributed by atoms with Crippen molar-refractivity contribution in [1.29, 1.82) is 0 Å². The van der Waals surface area contributed by atoms with E-state index >= 15 is 0 Å². The van der Waals surface area contributed by atoms with Gasteiger partial charge in [-0.05, 0) is 29.8 Å². The lowest BCUT2D eigenvalue weighted by atomic mass is 9.83. The lowest BCUT2D eigenvalue weighted by molar-refractivity contribution is 0.00986. The third kappa shape index (κ3) is 4.24. The number of aliphatic hydroxyl groups excluding tert-OH is 2. The van der Waals surface area contributed by atoms with Crippen LogP contribution < -0.4 is 0 Å². The van der Waals surface area contributed by atoms with E-state index in [0.29, 0.717) is 10.8 Å². The molecule has 0 saturated carbocycles. The van der Waals surface area contributed by atoms with Gasteiger partial charge < -0.3 is 10.2 Å². The predicted octanol–water partition coefficient (Wildman–Crippen LogP) is 4.16. The van der Waals surface area contributed by atoms with Crippen LogP contribution in [0.3, 0.4) is 0 Å². The van der Waals surface area contributed by atoms with Gasteiger partial charge in [0, 0.05) is 21.1 Å². The molecule has 0 spiro atoms. The standard InChI is InChI=1S/C17H19ClO2S/c1-17(11-19,12-21-15-5-3-2-4-6-15)16(20)13-7-9-14(18)10-8-13/h2-10,16,19-20H,11-12H2,1H3/t16-,17+/m1/s1. The molecule has 2 aromatic carbocycles. The predicted molar refractivity (Wildman–Crippen MR) is 88.8 cm³/mol. The van der Waals surface area contributed by atoms with Gasteiger partial charge in [0.05, 0.1) is 12.7 Å². The molecule has 2 aromatic rings. The summed E-state index contributed by atoms with van der Waals surface area (Å²) in [4.78, 5) is 1.13. The Kier molecular flexibility index (Phi) is 5.71. The van der Waals surface area contributed by atoms with E-state index in [4.69, 9.17) is 11.6 Å². The number of hydrogen-bond acceptors (Lipinski definition) is 3. The van der Waals surface area contributed by atoms with Crippen molar-refractivity contribution in [3.05, 3.63) is 65.2 Å². The number of aliphatic hydroxyl groups is 2. The largest absolute Gasteiger partial charge is 0.396 e. The van der Waals surface area contributed by atoms with Crippen LogP contribution in [0.25, 0.3) is 0 Å². The maximum absolute atomic E-state index is 10.6. The zero-order valence-corrected chi connectivity index (χ0v) is 13.4. The van der Waals surface area contributed by atoms with E-state index in [9.17, 15) is 10.2 Å². The van der Waals surface area contributed by atoms with Gasteiger partial charge in [0.25, 0.3) is 0 Å². The Labute approximate surface area is 134 Å². The van der Waals surface area contributed by atoms with Crippen molar-refractivity contribution in [1.82, 2.24) is 0 Å². The van der Waals surface area contributed by atoms with Gasteiger partial charge in [-0.1, -0.05) is 48.9 Å². The van der Waals surface area contributed by atoms with E-state index < -0.39 is 11.5 Å². The summed E-state index contributed by atoms with van der Waals surface area (Å²) in [5, 5.41) is 21.0. The molecule has 0 saturated heterocycles. The minimum atomic E-state index is -0.740. The maximum Gasteiger partial charge on any atom is 0.0873 e. The van der Waals surface area contributed by atoms with E-state index in [1.165, 1.54) is 0 Å². The summed E-state index contributed by atoms with van der Waals surface area (Å²) in [6.45, 7) is 1.80. The van der Waals surface area contributed by atoms with Crippen LogP contribution in [0, 0.1) is 5.41 Å². The third-order valence-corrected chi connectivity index (χ3v) is 5.18. The second kappa shape index (κ2) is 7.32. The van der Waals surface area contributed by atoms with Crippen LogP contribution in [0.5, 0.6) is 0 Å². The van der Waals surface area contributed by atoms with E-state index in [1.807, 2.05) is 37.3 Å². The van der Waals surface area contributed by atoms with Gasteiger partial charge in [0.15, 0.2) is 0 Å². The Bertz CT molecular complexity index is 559. The van der Waals surface area contributed by atoms with Crippen LogP contribution >= 0.6 is 23.4 Å². The number of hydrogen-bond donors (Lipinski definition) is 2. The van der Waals surface area contributed by atoms with Crippen LogP contribution in [-0.4, -0.2) is 22.6 Å². The Morgan fingerprint density at radius 3 is 2.29 bits per heavy atom. The second-order valence-corrected chi connectivity index (χ2v) is 6.85. The second-order valence-electron chi connectivity index (χ2n) is 5.37. The van der Waals surface area contributed by atoms with Crippen LogP contribution in [0.1, 0.15) is 18.6 Å². The number of rotatable bonds is 6. The van der Waals surface area contributed by atoms with Crippen LogP contribution in [0.4, 0.5) is 0 Å². The zero-order chi connectivity index (χ0) is 15.3. The van der Waals surface area contributed by atoms with Crippen molar-refractivity contribution in [3.63, 3.8) is 0 Å². The average molecular weight is 323 g/mol. The van der Waals surface area contributed by atoms with Crippen molar-refractivity contribution in [2.75, 3.05) is 12.4 Å². The molecular formula is C17H19ClO2S. The van der Waals surface area contributed by atoms with E-state index in [1.54, 1.807) is 36.0 Å². The van der Waals surface area contributed by atoms with Gasteiger partial charge in [-0.25, -0.2) is 0 Å². The lowest BCUT2D eigenvalue weighted by Crippen LogP contribution is -2.32. The highest BCUT2D eigenvalue weighted by atomic mass is 35.5. The molecule has 2 nitrogen and oxygen atoms in total. The quantitative estimate of drug-likeness (QED) is 0.784. The monoisotopic (exact) mass is 322 g/mol. The summed E-state index contributed by atoms with van der Waals surface area (Å²) in [6, 6.07) is 17.1. The van der Waals surface area contributed by atoms with Crippen LogP contribution in [0.15, 0.2) is 59.5 Å². The summed E-state index contributed by atoms with van der Waals surface area (Å²) in [6.07, 6.45) is -0.740. The van der Waals surface area contributed by atoms with Crippen LogP contribution in [0.2, 0.25) is 5.02 Å². The smallest absolute Gasteiger partial charge is 0.0873 e. The molecule has 2 atom stereocenters. The molecule has 0 unspecified atom stereocenters. The molecule has 21 heavy (non-hydrogen) atoms. The van der Waals surface area contributed by atoms with Gasteiger partial charge in [0.2, 0.25) is 0 Å². The van der Waals surface area contributed by atoms with Gasteiger partial charge in [0.1, 0.15) is 0 Å². The molecule has 2 N–H and O–H groups in total. The van der Waals surface area contributed by atoms with E-state index in [2.05, 4.69) is 0 Å². The first-order valence-corrected chi connectivity index (χ1v) is 8.14. The minimum Gasteiger partial charge on any atom is -0.396 e. The van der Waals surface area contributed by atoms with Crippen molar-refractivity contribution in [3.8, 4) is 0 Å². The molecule has 0 aromatic heterocycles. The highest BCUT2D eigenvalue weighted by Crippen LogP contribution is 2.38. The summed E-state index contributed by atoms with van der Waals surface area (Å²) < 4.78 is 0. The molecule has 4 heteroatoms. The normalized spacial score (nSPS) is 15.4. The first-order valence-electron chi connectivity index (χ1n) is 6.77. The van der Waals surface area contributed by atoms with Gasteiger partial charge >= 0.3 is 0 Å². The Morgan fingerprint density at radius 2 is 1.71 bits per heavy atom. The molecule has 0 aliphatic heterocycles. The van der Waals surface area contributed by atoms with E-state index in [0.717, 1.165) is 10.5 Å². The fraction of sp³-hybridized carbons (Fsp3) is 0.294. The highest BCUT2D eigenvalue weighted by Gasteiger charge is 2.33. The molecule has 0 bridgehead atoms. The Morgan fingerprint density at radius 1 is 1.10 bits per heavy atom. The molecule has 0 radical (unpaired) electrons. The summed E-state index contributed by atoms with van der Waals surface area (Å²) >= 11 is 7.50. The van der Waals surface area contributed by atoms with Gasteiger partial charge in [-0.3, -0.25) is 0 Å². The number of benzene rings is 2. The summed E-state index contributed by atoms with van der Waals surface area (Å²) in [5.41, 5.74) is 0.151. The molecule has 0 aliphatic rings. The first-order chi connectivity index (χ1) is 10.0. The van der Waals surface area contributed by atoms with Crippen molar-refractivity contribution in [2.45, 2.75) is 17.9 Å². The first kappa shape index (κ1) is 16.4. The maximum atomic E-state index is 10.6. The number of thioether (sulfide) groups is 1. The molecule has 112 valence electrons. The minimum absolute atomic E-state index is 0.0867. The Hall–Kier alpha value is -1.00. The fourth-order valence-electron chi connectivity index (χ4n) is 2.02. The lowest BCUT2D eigenvalue weighted by Gasteiger charge is -2.32. The van der Waals surface area contributed by atoms with Crippen LogP contribution in [-0.2, 0) is 0 Å². The highest BCUT2D eigenvalue weighted by molar-refractivity contribution is 7.99. The van der Waals surface area contributed by atoms with Crippen molar-refractivity contribution >= 4 is 23.4 Å². The summed E-state index contributed by atoms with van der Waals surface area (Å²) in [7, 11) is 0. The summed E-state index contributed by atoms with van der Waals surface area (Å²) in [5.74, 6) is 0.622. The zero-order valence-electron chi connectivity index (χ0n) is 11.9. The van der Waals surface area contributed by atoms with Crippen molar-refractivity contribution in [2.24, 2.45) is 5.41 Å². The fourth-order valence-corrected chi connectivity index (χ4v) is 3.24. The van der Waals surface area contributed by atoms with Crippen molar-refractivity contribution < 1.29 is 10.2 Å². The van der Waals surface area contributed by atoms with Gasteiger partial charge in [-0.15, -0.1) is 11.8 Å². The molecule has 0 heterocycles. The molecular weight excluding hydrogens is 304 g/mol. The van der Waals surface area contributed by atoms with Gasteiger partial charge in [-0.2, -0.15) is 0 Å². The molecule has 0 fully saturated rings. The average Bonchev–Trinajstić information content (AvgIpc) is 2.53. The molecule has 2 rings (SSSR count). The SMILES string of the molecule is C[C@](CO)(CSc1ccccc1)[C@H](O)c1ccc(Cl)cc1. The van der Waals surface area contributed by atoms with E-state index in [-0.39, 0.29) is 6.61 Å². The third-order valence-electron chi connectivity index (χ3n) is 3.52. The topological polar surface area (TPSA) is 40.5 Å². The molecule has 0 amide bonds. The molecule has 0 aliphatic carbocycles.